The Morgan fingerprint density at radius 1 is 1.16 bits per heavy atom. The van der Waals surface area contributed by atoms with Crippen LogP contribution in [0.5, 0.6) is 11.6 Å². The number of fused-ring (bicyclic) bond motifs is 3. The molecule has 3 heterocycles. The van der Waals surface area contributed by atoms with Gasteiger partial charge in [-0.2, -0.15) is 13.2 Å². The summed E-state index contributed by atoms with van der Waals surface area (Å²) in [7, 11) is -2.54. The molecule has 3 fully saturated rings. The fourth-order valence-corrected chi connectivity index (χ4v) is 9.02. The Balaban J connectivity index is 1.36. The molecule has 0 bridgehead atoms. The molecule has 312 valence electrons. The molecule has 4 amide bonds. The van der Waals surface area contributed by atoms with E-state index in [0.29, 0.717) is 56.6 Å². The highest BCUT2D eigenvalue weighted by atomic mass is 32.2. The number of benzene rings is 1. The lowest BCUT2D eigenvalue weighted by molar-refractivity contribution is -0.197. The second kappa shape index (κ2) is 16.0. The van der Waals surface area contributed by atoms with Gasteiger partial charge in [0.05, 0.1) is 18.4 Å². The molecule has 0 unspecified atom stereocenters. The number of hydrogen-bond acceptors (Lipinski definition) is 10. The van der Waals surface area contributed by atoms with Gasteiger partial charge in [0.1, 0.15) is 29.5 Å². The Hall–Kier alpha value is -4.61. The van der Waals surface area contributed by atoms with Crippen molar-refractivity contribution in [3.63, 3.8) is 0 Å². The van der Waals surface area contributed by atoms with Gasteiger partial charge in [-0.1, -0.05) is 32.4 Å². The van der Waals surface area contributed by atoms with Crippen molar-refractivity contribution in [3.05, 3.63) is 42.6 Å². The Morgan fingerprint density at radius 3 is 2.56 bits per heavy atom. The predicted octanol–water partition coefficient (Wildman–Crippen LogP) is 4.91. The molecule has 14 nitrogen and oxygen atoms in total. The smallest absolute Gasteiger partial charge is 0.425 e. The van der Waals surface area contributed by atoms with E-state index in [1.165, 1.54) is 25.1 Å². The summed E-state index contributed by atoms with van der Waals surface area (Å²) in [6.45, 7) is 5.78. The molecule has 2 saturated carbocycles. The molecule has 2 aromatic rings. The van der Waals surface area contributed by atoms with E-state index in [0.717, 1.165) is 5.39 Å². The fourth-order valence-electron chi connectivity index (χ4n) is 7.71. The van der Waals surface area contributed by atoms with Crippen molar-refractivity contribution in [1.82, 2.24) is 25.2 Å². The maximum Gasteiger partial charge on any atom is 0.425 e. The molecule has 1 saturated heterocycles. The third-order valence-electron chi connectivity index (χ3n) is 11.8. The van der Waals surface area contributed by atoms with Crippen LogP contribution in [0.1, 0.15) is 79.1 Å². The van der Waals surface area contributed by atoms with E-state index in [-0.39, 0.29) is 31.2 Å². The number of methoxy groups -OCH3 is 1. The zero-order chi connectivity index (χ0) is 41.5. The monoisotopic (exact) mass is 821 g/mol. The zero-order valence-corrected chi connectivity index (χ0v) is 33.4. The molecule has 6 rings (SSSR count). The molecule has 2 aliphatic heterocycles. The number of nitrogens with one attached hydrogen (secondary N) is 3. The number of aromatic nitrogens is 1. The maximum atomic E-state index is 14.8. The highest BCUT2D eigenvalue weighted by molar-refractivity contribution is 7.91. The molecule has 18 heteroatoms. The molecule has 0 radical (unpaired) electrons. The van der Waals surface area contributed by atoms with Crippen LogP contribution in [0.2, 0.25) is 0 Å². The van der Waals surface area contributed by atoms with Crippen molar-refractivity contribution in [1.29, 1.82) is 0 Å². The average Bonchev–Trinajstić information content (AvgIpc) is 4.03. The van der Waals surface area contributed by atoms with Crippen molar-refractivity contribution in [2.75, 3.05) is 13.7 Å². The number of pyridine rings is 1. The molecule has 4 aliphatic rings. The van der Waals surface area contributed by atoms with Gasteiger partial charge < -0.3 is 29.7 Å². The van der Waals surface area contributed by atoms with Crippen LogP contribution >= 0.6 is 0 Å². The van der Waals surface area contributed by atoms with Crippen molar-refractivity contribution in [2.45, 2.75) is 120 Å². The number of carbonyl (C=O) groups excluding carboxylic acids is 4. The highest BCUT2D eigenvalue weighted by Gasteiger charge is 2.63. The van der Waals surface area contributed by atoms with Crippen LogP contribution < -0.4 is 24.8 Å². The van der Waals surface area contributed by atoms with Gasteiger partial charge in [-0.3, -0.25) is 19.1 Å². The molecule has 57 heavy (non-hydrogen) atoms. The summed E-state index contributed by atoms with van der Waals surface area (Å²) in [6, 6.07) is 4.31. The van der Waals surface area contributed by atoms with Gasteiger partial charge in [0.25, 0.3) is 5.91 Å². The number of sulfonamides is 1. The molecular weight excluding hydrogens is 772 g/mol. The predicted molar refractivity (Wildman–Crippen MR) is 201 cm³/mol. The Kier molecular flexibility index (Phi) is 11.8. The standard InChI is InChI=1S/C39H50F3N5O9S/c1-6-24-17-22(2)9-7-8-10-26-20-38(26,35(50)46-57(52,53)37(4)14-15-37)45-32(48)30-19-28(56-33-29-12-11-27(54-5)18-25(29)13-16-43-33)21-47(30)34(49)31(24)44-36(51)55-23(3)39(40,41)42/h8,10-13,16,18,22-24,26,28,30-31H,6-7,9,14-15,17,19-21H2,1-5H3,(H,44,51)(H,45,48)(H,46,50)/t22-,23-,24-,26-,28-,30+,31+,38-/m1/s1. The van der Waals surface area contributed by atoms with Gasteiger partial charge >= 0.3 is 12.3 Å². The summed E-state index contributed by atoms with van der Waals surface area (Å²) in [4.78, 5) is 61.8. The average molecular weight is 822 g/mol. The Bertz CT molecular complexity index is 2030. The first kappa shape index (κ1) is 42.0. The van der Waals surface area contributed by atoms with Crippen molar-refractivity contribution in [2.24, 2.45) is 17.8 Å². The number of rotatable bonds is 9. The number of allylic oxidation sites excluding steroid dienone is 1. The van der Waals surface area contributed by atoms with Crippen LogP contribution in [-0.2, 0) is 29.1 Å². The quantitative estimate of drug-likeness (QED) is 0.294. The van der Waals surface area contributed by atoms with E-state index in [4.69, 9.17) is 9.47 Å². The number of halogens is 3. The van der Waals surface area contributed by atoms with Gasteiger partial charge in [-0.05, 0) is 93.9 Å². The van der Waals surface area contributed by atoms with Gasteiger partial charge in [-0.25, -0.2) is 18.2 Å². The fraction of sp³-hybridized carbons (Fsp3) is 0.615. The molecule has 2 aliphatic carbocycles. The summed E-state index contributed by atoms with van der Waals surface area (Å²) in [5.41, 5.74) is -1.64. The van der Waals surface area contributed by atoms with E-state index >= 15 is 0 Å². The van der Waals surface area contributed by atoms with Crippen molar-refractivity contribution in [3.8, 4) is 11.6 Å². The van der Waals surface area contributed by atoms with E-state index in [9.17, 15) is 40.8 Å². The van der Waals surface area contributed by atoms with Crippen LogP contribution in [-0.4, -0.2) is 96.5 Å². The van der Waals surface area contributed by atoms with Gasteiger partial charge in [-0.15, -0.1) is 0 Å². The van der Waals surface area contributed by atoms with Crippen LogP contribution in [0, 0.1) is 17.8 Å². The van der Waals surface area contributed by atoms with E-state index in [1.54, 1.807) is 37.3 Å². The van der Waals surface area contributed by atoms with Crippen LogP contribution in [0.15, 0.2) is 42.6 Å². The zero-order valence-electron chi connectivity index (χ0n) is 32.6. The van der Waals surface area contributed by atoms with Crippen molar-refractivity contribution < 1.29 is 55.0 Å². The summed E-state index contributed by atoms with van der Waals surface area (Å²) >= 11 is 0. The van der Waals surface area contributed by atoms with Gasteiger partial charge in [0.15, 0.2) is 6.10 Å². The molecular formula is C39H50F3N5O9S. The summed E-state index contributed by atoms with van der Waals surface area (Å²) in [5.74, 6) is -2.75. The minimum absolute atomic E-state index is 0.0232. The normalized spacial score (nSPS) is 29.4. The number of nitrogens with zero attached hydrogens (tertiary/aromatic N) is 2. The molecule has 1 aromatic heterocycles. The van der Waals surface area contributed by atoms with Crippen LogP contribution in [0.3, 0.4) is 0 Å². The first-order valence-electron chi connectivity index (χ1n) is 19.3. The lowest BCUT2D eigenvalue weighted by atomic mass is 9.85. The number of alkyl halides is 3. The lowest BCUT2D eigenvalue weighted by Crippen LogP contribution is -2.59. The molecule has 0 spiro atoms. The largest absolute Gasteiger partial charge is 0.497 e. The molecule has 3 N–H and O–H groups in total. The number of amides is 4. The third-order valence-corrected chi connectivity index (χ3v) is 14.0. The maximum absolute atomic E-state index is 14.8. The first-order chi connectivity index (χ1) is 26.8. The SMILES string of the molecule is CC[C@@H]1C[C@H](C)CCC=C[C@@H]2C[C@@]2(C(=O)NS(=O)(=O)C2(C)CC2)NC(=O)[C@@H]2C[C@@H](Oc3nccc4cc(OC)ccc34)CN2C(=O)[C@H]1NC(=O)O[C@H](C)C(F)(F)F. The number of alkyl carbamates (subject to hydrolysis) is 1. The Labute approximate surface area is 329 Å². The van der Waals surface area contributed by atoms with Crippen LogP contribution in [0.4, 0.5) is 18.0 Å². The second-order valence-electron chi connectivity index (χ2n) is 16.1. The number of ether oxygens (including phenoxy) is 3. The molecule has 1 aromatic carbocycles. The molecule has 8 atom stereocenters. The summed E-state index contributed by atoms with van der Waals surface area (Å²) in [5, 5.41) is 6.57. The number of hydrogen-bond donors (Lipinski definition) is 3. The highest BCUT2D eigenvalue weighted by Crippen LogP contribution is 2.47. The summed E-state index contributed by atoms with van der Waals surface area (Å²) < 4.78 is 84.0. The minimum atomic E-state index is -4.85. The van der Waals surface area contributed by atoms with Gasteiger partial charge in [0.2, 0.25) is 27.7 Å². The third kappa shape index (κ3) is 8.94. The Morgan fingerprint density at radius 2 is 1.89 bits per heavy atom. The van der Waals surface area contributed by atoms with Crippen molar-refractivity contribution >= 4 is 44.6 Å². The van der Waals surface area contributed by atoms with Crippen LogP contribution in [0.25, 0.3) is 10.8 Å². The lowest BCUT2D eigenvalue weighted by Gasteiger charge is -2.34. The van der Waals surface area contributed by atoms with E-state index in [2.05, 4.69) is 25.1 Å². The minimum Gasteiger partial charge on any atom is -0.497 e. The first-order valence-corrected chi connectivity index (χ1v) is 20.8. The summed E-state index contributed by atoms with van der Waals surface area (Å²) in [6.07, 6.45) is -1.72. The van der Waals surface area contributed by atoms with E-state index in [1.807, 2.05) is 13.0 Å². The van der Waals surface area contributed by atoms with Gasteiger partial charge in [0, 0.05) is 23.9 Å². The number of carbonyl (C=O) groups is 4. The topological polar surface area (TPSA) is 182 Å². The second-order valence-corrected chi connectivity index (χ2v) is 18.3. The van der Waals surface area contributed by atoms with E-state index < -0.39 is 86.4 Å².